The summed E-state index contributed by atoms with van der Waals surface area (Å²) in [5.41, 5.74) is 1.90. The molecule has 0 aromatic heterocycles. The van der Waals surface area contributed by atoms with E-state index in [2.05, 4.69) is 10.6 Å². The number of aliphatic hydroxyl groups excluding tert-OH is 1. The van der Waals surface area contributed by atoms with Crippen LogP contribution in [-0.2, 0) is 11.2 Å². The van der Waals surface area contributed by atoms with Crippen molar-refractivity contribution in [3.8, 4) is 0 Å². The van der Waals surface area contributed by atoms with Crippen LogP contribution in [0.4, 0.5) is 5.69 Å². The molecule has 0 aliphatic carbocycles. The molecule has 0 saturated heterocycles. The first-order chi connectivity index (χ1) is 11.5. The SMILES string of the molecule is CC(CC(=O)Nc1ccccc1)NC(C)C(O)Cc1ccccc1. The molecular weight excluding hydrogens is 300 g/mol. The Morgan fingerprint density at radius 3 is 2.21 bits per heavy atom. The molecule has 3 N–H and O–H groups in total. The van der Waals surface area contributed by atoms with Gasteiger partial charge in [0.1, 0.15) is 0 Å². The Hall–Kier alpha value is -2.17. The standard InChI is InChI=1S/C20H26N2O2/c1-15(13-20(24)22-18-11-7-4-8-12-18)21-16(2)19(23)14-17-9-5-3-6-10-17/h3-12,15-16,19,21,23H,13-14H2,1-2H3,(H,22,24). The molecule has 4 nitrogen and oxygen atoms in total. The summed E-state index contributed by atoms with van der Waals surface area (Å²) < 4.78 is 0. The van der Waals surface area contributed by atoms with Crippen molar-refractivity contribution in [2.45, 2.75) is 44.9 Å². The molecule has 0 saturated carbocycles. The molecule has 3 atom stereocenters. The third-order valence-corrected chi connectivity index (χ3v) is 3.96. The van der Waals surface area contributed by atoms with Gasteiger partial charge in [-0.3, -0.25) is 4.79 Å². The van der Waals surface area contributed by atoms with E-state index in [4.69, 9.17) is 0 Å². The second-order valence-corrected chi connectivity index (χ2v) is 6.23. The van der Waals surface area contributed by atoms with Gasteiger partial charge in [0, 0.05) is 24.2 Å². The van der Waals surface area contributed by atoms with E-state index in [1.54, 1.807) is 0 Å². The molecular formula is C20H26N2O2. The third-order valence-electron chi connectivity index (χ3n) is 3.96. The van der Waals surface area contributed by atoms with E-state index < -0.39 is 6.10 Å². The summed E-state index contributed by atoms with van der Waals surface area (Å²) >= 11 is 0. The molecule has 0 radical (unpaired) electrons. The van der Waals surface area contributed by atoms with Gasteiger partial charge in [-0.25, -0.2) is 0 Å². The fraction of sp³-hybridized carbons (Fsp3) is 0.350. The molecule has 4 heteroatoms. The molecule has 1 amide bonds. The predicted octanol–water partition coefficient (Wildman–Crippen LogP) is 2.99. The molecule has 0 bridgehead atoms. The van der Waals surface area contributed by atoms with Crippen molar-refractivity contribution in [2.24, 2.45) is 0 Å². The zero-order valence-corrected chi connectivity index (χ0v) is 14.3. The van der Waals surface area contributed by atoms with E-state index in [0.717, 1.165) is 11.3 Å². The van der Waals surface area contributed by atoms with Gasteiger partial charge in [0.25, 0.3) is 0 Å². The van der Waals surface area contributed by atoms with Crippen LogP contribution in [0.2, 0.25) is 0 Å². The number of hydrogen-bond acceptors (Lipinski definition) is 3. The smallest absolute Gasteiger partial charge is 0.225 e. The van der Waals surface area contributed by atoms with Crippen LogP contribution < -0.4 is 10.6 Å². The van der Waals surface area contributed by atoms with Crippen LogP contribution in [0, 0.1) is 0 Å². The third kappa shape index (κ3) is 6.14. The van der Waals surface area contributed by atoms with Crippen LogP contribution in [0.1, 0.15) is 25.8 Å². The largest absolute Gasteiger partial charge is 0.391 e. The highest BCUT2D eigenvalue weighted by atomic mass is 16.3. The van der Waals surface area contributed by atoms with E-state index in [1.165, 1.54) is 0 Å². The summed E-state index contributed by atoms with van der Waals surface area (Å²) in [5, 5.41) is 16.5. The maximum atomic E-state index is 12.1. The first-order valence-corrected chi connectivity index (χ1v) is 8.37. The van der Waals surface area contributed by atoms with E-state index in [0.29, 0.717) is 12.8 Å². The van der Waals surface area contributed by atoms with Crippen molar-refractivity contribution in [1.82, 2.24) is 5.32 Å². The number of carbonyl (C=O) groups is 1. The Bertz CT molecular complexity index is 616. The van der Waals surface area contributed by atoms with Crippen LogP contribution >= 0.6 is 0 Å². The van der Waals surface area contributed by atoms with E-state index in [9.17, 15) is 9.90 Å². The fourth-order valence-corrected chi connectivity index (χ4v) is 2.66. The van der Waals surface area contributed by atoms with Crippen LogP contribution in [-0.4, -0.2) is 29.2 Å². The van der Waals surface area contributed by atoms with Gasteiger partial charge in [0.15, 0.2) is 0 Å². The Labute approximate surface area is 143 Å². The number of rotatable bonds is 8. The second kappa shape index (κ2) is 9.21. The Kier molecular flexibility index (Phi) is 6.97. The number of aliphatic hydroxyl groups is 1. The number of benzene rings is 2. The molecule has 128 valence electrons. The van der Waals surface area contributed by atoms with Crippen LogP contribution in [0.3, 0.4) is 0 Å². The summed E-state index contributed by atoms with van der Waals surface area (Å²) in [4.78, 5) is 12.1. The number of hydrogen-bond donors (Lipinski definition) is 3. The van der Waals surface area contributed by atoms with Crippen LogP contribution in [0.25, 0.3) is 0 Å². The summed E-state index contributed by atoms with van der Waals surface area (Å²) in [6.45, 7) is 3.90. The lowest BCUT2D eigenvalue weighted by molar-refractivity contribution is -0.116. The maximum absolute atomic E-state index is 12.1. The minimum Gasteiger partial charge on any atom is -0.391 e. The molecule has 0 aliphatic rings. The van der Waals surface area contributed by atoms with E-state index >= 15 is 0 Å². The monoisotopic (exact) mass is 326 g/mol. The van der Waals surface area contributed by atoms with Gasteiger partial charge in [-0.05, 0) is 38.0 Å². The van der Waals surface area contributed by atoms with Gasteiger partial charge < -0.3 is 15.7 Å². The van der Waals surface area contributed by atoms with Crippen LogP contribution in [0.15, 0.2) is 60.7 Å². The molecule has 0 spiro atoms. The van der Waals surface area contributed by atoms with Gasteiger partial charge in [0.2, 0.25) is 5.91 Å². The van der Waals surface area contributed by atoms with Crippen molar-refractivity contribution in [3.05, 3.63) is 66.2 Å². The summed E-state index contributed by atoms with van der Waals surface area (Å²) in [5.74, 6) is -0.0362. The molecule has 3 unspecified atom stereocenters. The first kappa shape index (κ1) is 18.2. The van der Waals surface area contributed by atoms with Crippen molar-refractivity contribution in [1.29, 1.82) is 0 Å². The fourth-order valence-electron chi connectivity index (χ4n) is 2.66. The summed E-state index contributed by atoms with van der Waals surface area (Å²) in [6, 6.07) is 19.2. The second-order valence-electron chi connectivity index (χ2n) is 6.23. The van der Waals surface area contributed by atoms with Gasteiger partial charge in [-0.15, -0.1) is 0 Å². The number of amides is 1. The van der Waals surface area contributed by atoms with Crippen molar-refractivity contribution < 1.29 is 9.90 Å². The quantitative estimate of drug-likeness (QED) is 0.699. The average Bonchev–Trinajstić information content (AvgIpc) is 2.56. The highest BCUT2D eigenvalue weighted by Gasteiger charge is 2.18. The Morgan fingerprint density at radius 2 is 1.58 bits per heavy atom. The minimum absolute atomic E-state index is 0.0193. The first-order valence-electron chi connectivity index (χ1n) is 8.37. The Balaban J connectivity index is 1.76. The summed E-state index contributed by atoms with van der Waals surface area (Å²) in [6.07, 6.45) is 0.460. The highest BCUT2D eigenvalue weighted by Crippen LogP contribution is 2.09. The number of anilines is 1. The van der Waals surface area contributed by atoms with Crippen molar-refractivity contribution in [3.63, 3.8) is 0 Å². The molecule has 2 aromatic carbocycles. The normalized spacial score (nSPS) is 14.6. The summed E-state index contributed by atoms with van der Waals surface area (Å²) in [7, 11) is 0. The number of carbonyl (C=O) groups excluding carboxylic acids is 1. The van der Waals surface area contributed by atoms with Gasteiger partial charge in [-0.1, -0.05) is 48.5 Å². The zero-order valence-electron chi connectivity index (χ0n) is 14.3. The molecule has 2 aromatic rings. The maximum Gasteiger partial charge on any atom is 0.225 e. The number of nitrogens with one attached hydrogen (secondary N) is 2. The number of para-hydroxylation sites is 1. The molecule has 2 rings (SSSR count). The van der Waals surface area contributed by atoms with Crippen molar-refractivity contribution >= 4 is 11.6 Å². The lowest BCUT2D eigenvalue weighted by Gasteiger charge is -2.24. The van der Waals surface area contributed by atoms with Crippen molar-refractivity contribution in [2.75, 3.05) is 5.32 Å². The van der Waals surface area contributed by atoms with Gasteiger partial charge in [-0.2, -0.15) is 0 Å². The molecule has 0 fully saturated rings. The topological polar surface area (TPSA) is 61.4 Å². The lowest BCUT2D eigenvalue weighted by Crippen LogP contribution is -2.44. The lowest BCUT2D eigenvalue weighted by atomic mass is 10.0. The van der Waals surface area contributed by atoms with Crippen LogP contribution in [0.5, 0.6) is 0 Å². The zero-order chi connectivity index (χ0) is 17.4. The molecule has 0 aliphatic heterocycles. The van der Waals surface area contributed by atoms with Gasteiger partial charge in [0.05, 0.1) is 6.10 Å². The minimum atomic E-state index is -0.493. The highest BCUT2D eigenvalue weighted by molar-refractivity contribution is 5.90. The van der Waals surface area contributed by atoms with E-state index in [1.807, 2.05) is 74.5 Å². The predicted molar refractivity (Wildman–Crippen MR) is 97.9 cm³/mol. The Morgan fingerprint density at radius 1 is 1.00 bits per heavy atom. The van der Waals surface area contributed by atoms with E-state index in [-0.39, 0.29) is 18.0 Å². The average molecular weight is 326 g/mol. The molecule has 0 heterocycles. The molecule has 24 heavy (non-hydrogen) atoms. The van der Waals surface area contributed by atoms with Gasteiger partial charge >= 0.3 is 0 Å².